The standard InChI is InChI=1S/C10H15FN2O3S/c1-8(4-3-7-14)13-17(15,16)10-9(11)5-2-6-12-10/h2,5-6,8,13-14H,3-4,7H2,1H3. The molecule has 0 saturated carbocycles. The van der Waals surface area contributed by atoms with Gasteiger partial charge in [0.15, 0.2) is 5.82 Å². The summed E-state index contributed by atoms with van der Waals surface area (Å²) in [6.07, 6.45) is 2.18. The van der Waals surface area contributed by atoms with Gasteiger partial charge < -0.3 is 5.11 Å². The molecule has 1 aromatic rings. The average molecular weight is 262 g/mol. The molecule has 0 bridgehead atoms. The van der Waals surface area contributed by atoms with Crippen LogP contribution in [0.25, 0.3) is 0 Å². The van der Waals surface area contributed by atoms with Crippen LogP contribution in [0.5, 0.6) is 0 Å². The Bertz CT molecular complexity index is 464. The molecule has 0 radical (unpaired) electrons. The number of nitrogens with zero attached hydrogens (tertiary/aromatic N) is 1. The number of pyridine rings is 1. The van der Waals surface area contributed by atoms with E-state index in [1.165, 1.54) is 12.3 Å². The van der Waals surface area contributed by atoms with Gasteiger partial charge in [-0.05, 0) is 31.9 Å². The van der Waals surface area contributed by atoms with Crippen LogP contribution in [0.3, 0.4) is 0 Å². The first-order chi connectivity index (χ1) is 7.97. The molecule has 0 aliphatic carbocycles. The lowest BCUT2D eigenvalue weighted by atomic mass is 10.2. The van der Waals surface area contributed by atoms with Crippen molar-refractivity contribution in [1.29, 1.82) is 0 Å². The maximum atomic E-state index is 13.3. The van der Waals surface area contributed by atoms with Crippen molar-refractivity contribution in [3.63, 3.8) is 0 Å². The molecule has 0 aliphatic rings. The van der Waals surface area contributed by atoms with Crippen LogP contribution in [0.4, 0.5) is 4.39 Å². The maximum Gasteiger partial charge on any atom is 0.261 e. The molecule has 1 heterocycles. The minimum atomic E-state index is -3.94. The zero-order chi connectivity index (χ0) is 12.9. The third-order valence-electron chi connectivity index (χ3n) is 2.13. The van der Waals surface area contributed by atoms with Crippen molar-refractivity contribution in [1.82, 2.24) is 9.71 Å². The van der Waals surface area contributed by atoms with Gasteiger partial charge in [0.1, 0.15) is 0 Å². The van der Waals surface area contributed by atoms with E-state index in [4.69, 9.17) is 5.11 Å². The fourth-order valence-corrected chi connectivity index (χ4v) is 2.63. The summed E-state index contributed by atoms with van der Waals surface area (Å²) >= 11 is 0. The molecule has 1 atom stereocenters. The fourth-order valence-electron chi connectivity index (χ4n) is 1.35. The van der Waals surface area contributed by atoms with Crippen molar-refractivity contribution < 1.29 is 17.9 Å². The van der Waals surface area contributed by atoms with Crippen molar-refractivity contribution in [2.45, 2.75) is 30.8 Å². The van der Waals surface area contributed by atoms with E-state index in [1.54, 1.807) is 6.92 Å². The van der Waals surface area contributed by atoms with Crippen molar-refractivity contribution in [2.75, 3.05) is 6.61 Å². The largest absolute Gasteiger partial charge is 0.396 e. The van der Waals surface area contributed by atoms with Crippen molar-refractivity contribution in [3.8, 4) is 0 Å². The number of rotatable bonds is 6. The number of sulfonamides is 1. The molecule has 0 aromatic carbocycles. The molecule has 0 fully saturated rings. The highest BCUT2D eigenvalue weighted by atomic mass is 32.2. The Morgan fingerprint density at radius 3 is 2.88 bits per heavy atom. The average Bonchev–Trinajstić information content (AvgIpc) is 2.26. The molecule has 1 aromatic heterocycles. The molecule has 17 heavy (non-hydrogen) atoms. The summed E-state index contributed by atoms with van der Waals surface area (Å²) in [4.78, 5) is 3.51. The van der Waals surface area contributed by atoms with Gasteiger partial charge in [0.05, 0.1) is 0 Å². The van der Waals surface area contributed by atoms with E-state index in [9.17, 15) is 12.8 Å². The van der Waals surface area contributed by atoms with E-state index in [2.05, 4.69) is 9.71 Å². The van der Waals surface area contributed by atoms with E-state index >= 15 is 0 Å². The molecule has 5 nitrogen and oxygen atoms in total. The van der Waals surface area contributed by atoms with E-state index in [1.807, 2.05) is 0 Å². The molecule has 0 spiro atoms. The van der Waals surface area contributed by atoms with Crippen LogP contribution >= 0.6 is 0 Å². The first kappa shape index (κ1) is 14.0. The number of hydrogen-bond donors (Lipinski definition) is 2. The third-order valence-corrected chi connectivity index (χ3v) is 3.65. The summed E-state index contributed by atoms with van der Waals surface area (Å²) in [5.74, 6) is -0.880. The smallest absolute Gasteiger partial charge is 0.261 e. The molecule has 2 N–H and O–H groups in total. The van der Waals surface area contributed by atoms with Crippen molar-refractivity contribution in [2.24, 2.45) is 0 Å². The Kier molecular flexibility index (Phi) is 4.98. The van der Waals surface area contributed by atoms with Crippen LogP contribution in [0.15, 0.2) is 23.4 Å². The lowest BCUT2D eigenvalue weighted by molar-refractivity contribution is 0.279. The summed E-state index contributed by atoms with van der Waals surface area (Å²) in [6, 6.07) is 1.98. The number of aliphatic hydroxyl groups is 1. The lowest BCUT2D eigenvalue weighted by Gasteiger charge is -2.13. The van der Waals surface area contributed by atoms with Gasteiger partial charge in [0.2, 0.25) is 5.03 Å². The Morgan fingerprint density at radius 2 is 2.29 bits per heavy atom. The van der Waals surface area contributed by atoms with Gasteiger partial charge in [-0.15, -0.1) is 0 Å². The Labute approximate surface area is 99.7 Å². The summed E-state index contributed by atoms with van der Waals surface area (Å²) in [7, 11) is -3.94. The molecular formula is C10H15FN2O3S. The lowest BCUT2D eigenvalue weighted by Crippen LogP contribution is -2.33. The monoisotopic (exact) mass is 262 g/mol. The van der Waals surface area contributed by atoms with E-state index in [0.29, 0.717) is 12.8 Å². The molecule has 0 amide bonds. The van der Waals surface area contributed by atoms with Crippen LogP contribution in [0.2, 0.25) is 0 Å². The number of hydrogen-bond acceptors (Lipinski definition) is 4. The number of aliphatic hydroxyl groups excluding tert-OH is 1. The van der Waals surface area contributed by atoms with Crippen LogP contribution in [-0.2, 0) is 10.0 Å². The second-order valence-corrected chi connectivity index (χ2v) is 5.31. The molecule has 1 rings (SSSR count). The van der Waals surface area contributed by atoms with Gasteiger partial charge in [0, 0.05) is 18.8 Å². The van der Waals surface area contributed by atoms with Crippen LogP contribution in [0.1, 0.15) is 19.8 Å². The molecule has 1 unspecified atom stereocenters. The zero-order valence-corrected chi connectivity index (χ0v) is 10.2. The first-order valence-electron chi connectivity index (χ1n) is 5.21. The minimum absolute atomic E-state index is 0.00991. The second-order valence-electron chi connectivity index (χ2n) is 3.68. The Morgan fingerprint density at radius 1 is 1.59 bits per heavy atom. The summed E-state index contributed by atoms with van der Waals surface area (Å²) in [5.41, 5.74) is 0. The fraction of sp³-hybridized carbons (Fsp3) is 0.500. The topological polar surface area (TPSA) is 79.3 Å². The molecule has 96 valence electrons. The van der Waals surface area contributed by atoms with Crippen LogP contribution in [-0.4, -0.2) is 31.2 Å². The molecule has 0 saturated heterocycles. The third kappa shape index (κ3) is 4.03. The highest BCUT2D eigenvalue weighted by Crippen LogP contribution is 2.11. The molecule has 0 aliphatic heterocycles. The normalized spacial score (nSPS) is 13.6. The van der Waals surface area contributed by atoms with E-state index in [-0.39, 0.29) is 12.6 Å². The summed E-state index contributed by atoms with van der Waals surface area (Å²) in [5, 5.41) is 8.02. The number of halogens is 1. The second kappa shape index (κ2) is 6.04. The quantitative estimate of drug-likeness (QED) is 0.789. The van der Waals surface area contributed by atoms with Crippen molar-refractivity contribution in [3.05, 3.63) is 24.1 Å². The van der Waals surface area contributed by atoms with E-state index < -0.39 is 20.9 Å². The predicted octanol–water partition coefficient (Wildman–Crippen LogP) is 0.660. The van der Waals surface area contributed by atoms with Gasteiger partial charge >= 0.3 is 0 Å². The highest BCUT2D eigenvalue weighted by Gasteiger charge is 2.22. The molecule has 7 heteroatoms. The first-order valence-corrected chi connectivity index (χ1v) is 6.69. The van der Waals surface area contributed by atoms with E-state index in [0.717, 1.165) is 6.07 Å². The van der Waals surface area contributed by atoms with Gasteiger partial charge in [-0.25, -0.2) is 22.5 Å². The Balaban J connectivity index is 2.79. The zero-order valence-electron chi connectivity index (χ0n) is 9.43. The maximum absolute atomic E-state index is 13.3. The number of aromatic nitrogens is 1. The highest BCUT2D eigenvalue weighted by molar-refractivity contribution is 7.89. The van der Waals surface area contributed by atoms with Gasteiger partial charge in [0.25, 0.3) is 10.0 Å². The SMILES string of the molecule is CC(CCCO)NS(=O)(=O)c1ncccc1F. The Hall–Kier alpha value is -1.05. The predicted molar refractivity (Wildman–Crippen MR) is 60.3 cm³/mol. The van der Waals surface area contributed by atoms with Gasteiger partial charge in [-0.2, -0.15) is 0 Å². The van der Waals surface area contributed by atoms with Gasteiger partial charge in [-0.1, -0.05) is 0 Å². The summed E-state index contributed by atoms with van der Waals surface area (Å²) in [6.45, 7) is 1.64. The van der Waals surface area contributed by atoms with Crippen LogP contribution in [0, 0.1) is 5.82 Å². The van der Waals surface area contributed by atoms with Crippen molar-refractivity contribution >= 4 is 10.0 Å². The van der Waals surface area contributed by atoms with Gasteiger partial charge in [-0.3, -0.25) is 0 Å². The van der Waals surface area contributed by atoms with Crippen LogP contribution < -0.4 is 4.72 Å². The minimum Gasteiger partial charge on any atom is -0.396 e. The summed E-state index contributed by atoms with van der Waals surface area (Å²) < 4.78 is 39.1. The molecular weight excluding hydrogens is 247 g/mol. The number of nitrogens with one attached hydrogen (secondary N) is 1.